The topological polar surface area (TPSA) is 82.1 Å². The molecule has 1 rings (SSSR count). The van der Waals surface area contributed by atoms with Gasteiger partial charge >= 0.3 is 17.9 Å². The van der Waals surface area contributed by atoms with Gasteiger partial charge in [0.25, 0.3) is 0 Å². The molecule has 0 radical (unpaired) electrons. The molecule has 1 saturated carbocycles. The molecule has 7 nitrogen and oxygen atoms in total. The molecule has 0 heterocycles. The number of esters is 3. The second-order valence-electron chi connectivity index (χ2n) is 18.8. The molecule has 1 fully saturated rings. The van der Waals surface area contributed by atoms with Gasteiger partial charge in [-0.3, -0.25) is 14.4 Å². The van der Waals surface area contributed by atoms with Crippen molar-refractivity contribution in [3.8, 4) is 0 Å². The normalized spacial score (nSPS) is 17.8. The third-order valence-corrected chi connectivity index (χ3v) is 12.8. The summed E-state index contributed by atoms with van der Waals surface area (Å²) in [5, 5.41) is 0. The summed E-state index contributed by atoms with van der Waals surface area (Å²) in [6.45, 7) is 9.96. The van der Waals surface area contributed by atoms with Crippen LogP contribution in [0, 0.1) is 17.8 Å². The number of unbranched alkanes of at least 4 members (excludes halogenated alkanes) is 17. The summed E-state index contributed by atoms with van der Waals surface area (Å²) in [6, 6.07) is 0. The number of hydrogen-bond donors (Lipinski definition) is 0. The molecule has 0 spiro atoms. The fraction of sp³-hybridized carbons (Fsp3) is 0.836. The maximum absolute atomic E-state index is 13.8. The van der Waals surface area contributed by atoms with Crippen molar-refractivity contribution in [2.45, 2.75) is 252 Å². The molecule has 0 aromatic rings. The lowest BCUT2D eigenvalue weighted by atomic mass is 9.88. The lowest BCUT2D eigenvalue weighted by Gasteiger charge is -2.24. The van der Waals surface area contributed by atoms with Crippen molar-refractivity contribution in [3.63, 3.8) is 0 Å². The summed E-state index contributed by atoms with van der Waals surface area (Å²) < 4.78 is 18.3. The molecular formula is C55H99NO6. The summed E-state index contributed by atoms with van der Waals surface area (Å²) in [4.78, 5) is 42.0. The van der Waals surface area contributed by atoms with Crippen molar-refractivity contribution in [2.75, 3.05) is 27.2 Å². The summed E-state index contributed by atoms with van der Waals surface area (Å²) >= 11 is 0. The maximum Gasteiger partial charge on any atom is 0.309 e. The standard InChI is InChI=1S/C55H99NO6/c1-7-11-15-18-20-21-22-23-24-25-26-27-28-29-31-35-39-50(61-55(59)48(37-33-17-13-9-3)38-34-30-19-16-12-8-2)44-46-60-54(58)47-49-42-43-52(51(49)40-32-14-10-4)62-53(57)41-36-45-56(5)6/h14,20-21,23-24,32,48-52H,7-13,15-19,22,25-31,33-47H2,1-6H3/b21-20-,24-23-,32-14-. The van der Waals surface area contributed by atoms with E-state index in [0.717, 1.165) is 96.4 Å². The Morgan fingerprint density at radius 1 is 0.597 bits per heavy atom. The molecule has 360 valence electrons. The molecule has 1 aliphatic carbocycles. The van der Waals surface area contributed by atoms with Gasteiger partial charge in [0.15, 0.2) is 0 Å². The van der Waals surface area contributed by atoms with Crippen LogP contribution in [0.15, 0.2) is 36.5 Å². The Bertz CT molecular complexity index is 1160. The van der Waals surface area contributed by atoms with E-state index in [1.54, 1.807) is 0 Å². The first kappa shape index (κ1) is 57.6. The summed E-state index contributed by atoms with van der Waals surface area (Å²) in [5.41, 5.74) is 0. The second kappa shape index (κ2) is 41.3. The number of rotatable bonds is 42. The van der Waals surface area contributed by atoms with Crippen LogP contribution in [0.2, 0.25) is 0 Å². The van der Waals surface area contributed by atoms with Gasteiger partial charge in [-0.2, -0.15) is 0 Å². The van der Waals surface area contributed by atoms with Gasteiger partial charge in [0, 0.05) is 25.2 Å². The first-order chi connectivity index (χ1) is 30.2. The molecule has 0 amide bonds. The van der Waals surface area contributed by atoms with Crippen molar-refractivity contribution in [1.29, 1.82) is 0 Å². The Kier molecular flexibility index (Phi) is 38.4. The molecule has 0 aromatic carbocycles. The molecule has 1 aliphatic rings. The van der Waals surface area contributed by atoms with Crippen molar-refractivity contribution >= 4 is 17.9 Å². The zero-order chi connectivity index (χ0) is 45.3. The third-order valence-electron chi connectivity index (χ3n) is 12.8. The van der Waals surface area contributed by atoms with E-state index in [2.05, 4.69) is 69.1 Å². The number of hydrogen-bond acceptors (Lipinski definition) is 7. The molecule has 62 heavy (non-hydrogen) atoms. The van der Waals surface area contributed by atoms with Gasteiger partial charge in [0.1, 0.15) is 12.2 Å². The van der Waals surface area contributed by atoms with Gasteiger partial charge in [-0.15, -0.1) is 0 Å². The monoisotopic (exact) mass is 870 g/mol. The second-order valence-corrected chi connectivity index (χ2v) is 18.8. The van der Waals surface area contributed by atoms with Crippen molar-refractivity contribution < 1.29 is 28.6 Å². The molecule has 0 saturated heterocycles. The Labute approximate surface area is 383 Å². The molecule has 0 aliphatic heterocycles. The highest BCUT2D eigenvalue weighted by Gasteiger charge is 2.39. The van der Waals surface area contributed by atoms with E-state index in [4.69, 9.17) is 14.2 Å². The molecule has 5 atom stereocenters. The fourth-order valence-electron chi connectivity index (χ4n) is 8.87. The Hall–Kier alpha value is -2.41. The molecule has 0 bridgehead atoms. The van der Waals surface area contributed by atoms with E-state index in [0.29, 0.717) is 19.3 Å². The summed E-state index contributed by atoms with van der Waals surface area (Å²) in [5.74, 6) is -0.196. The van der Waals surface area contributed by atoms with Gasteiger partial charge < -0.3 is 19.1 Å². The van der Waals surface area contributed by atoms with Crippen LogP contribution < -0.4 is 0 Å². The van der Waals surface area contributed by atoms with Crippen LogP contribution in [-0.4, -0.2) is 62.3 Å². The quantitative estimate of drug-likeness (QED) is 0.0261. The van der Waals surface area contributed by atoms with E-state index in [-0.39, 0.29) is 54.5 Å². The van der Waals surface area contributed by atoms with E-state index >= 15 is 0 Å². The van der Waals surface area contributed by atoms with Crippen LogP contribution in [0.4, 0.5) is 0 Å². The van der Waals surface area contributed by atoms with Gasteiger partial charge in [-0.1, -0.05) is 167 Å². The SMILES string of the molecule is CC/C=C\CC1C(CC(=O)OCCC(CCCCCCCC/C=C\C/C=C\CCCCC)OC(=O)C(CCCCCC)CCCCCCCC)CCC1OC(=O)CCCN(C)C. The van der Waals surface area contributed by atoms with Crippen LogP contribution in [0.3, 0.4) is 0 Å². The van der Waals surface area contributed by atoms with E-state index in [9.17, 15) is 14.4 Å². The Morgan fingerprint density at radius 3 is 1.79 bits per heavy atom. The number of allylic oxidation sites excluding steroid dienone is 6. The molecular weight excluding hydrogens is 771 g/mol. The molecule has 0 N–H and O–H groups in total. The van der Waals surface area contributed by atoms with Gasteiger partial charge in [-0.05, 0) is 116 Å². The van der Waals surface area contributed by atoms with Crippen LogP contribution in [0.5, 0.6) is 0 Å². The van der Waals surface area contributed by atoms with E-state index in [1.165, 1.54) is 103 Å². The Morgan fingerprint density at radius 2 is 1.16 bits per heavy atom. The highest BCUT2D eigenvalue weighted by molar-refractivity contribution is 5.72. The summed E-state index contributed by atoms with van der Waals surface area (Å²) in [6.07, 6.45) is 47.6. The number of carbonyl (C=O) groups excluding carboxylic acids is 3. The predicted molar refractivity (Wildman–Crippen MR) is 262 cm³/mol. The fourth-order valence-corrected chi connectivity index (χ4v) is 8.87. The lowest BCUT2D eigenvalue weighted by molar-refractivity contribution is -0.157. The minimum atomic E-state index is -0.237. The third kappa shape index (κ3) is 32.3. The highest BCUT2D eigenvalue weighted by atomic mass is 16.6. The Balaban J connectivity index is 2.77. The zero-order valence-electron chi connectivity index (χ0n) is 41.5. The smallest absolute Gasteiger partial charge is 0.309 e. The number of nitrogens with zero attached hydrogens (tertiary/aromatic N) is 1. The minimum Gasteiger partial charge on any atom is -0.466 e. The van der Waals surface area contributed by atoms with Gasteiger partial charge in [0.2, 0.25) is 0 Å². The largest absolute Gasteiger partial charge is 0.466 e. The highest BCUT2D eigenvalue weighted by Crippen LogP contribution is 2.39. The summed E-state index contributed by atoms with van der Waals surface area (Å²) in [7, 11) is 4.02. The number of ether oxygens (including phenoxy) is 3. The van der Waals surface area contributed by atoms with Crippen LogP contribution >= 0.6 is 0 Å². The molecule has 5 unspecified atom stereocenters. The van der Waals surface area contributed by atoms with Gasteiger partial charge in [0.05, 0.1) is 12.5 Å². The van der Waals surface area contributed by atoms with E-state index < -0.39 is 0 Å². The van der Waals surface area contributed by atoms with Gasteiger partial charge in [-0.25, -0.2) is 0 Å². The first-order valence-corrected chi connectivity index (χ1v) is 26.4. The predicted octanol–water partition coefficient (Wildman–Crippen LogP) is 15.4. The van der Waals surface area contributed by atoms with Crippen molar-refractivity contribution in [3.05, 3.63) is 36.5 Å². The van der Waals surface area contributed by atoms with Crippen molar-refractivity contribution in [1.82, 2.24) is 4.90 Å². The zero-order valence-corrected chi connectivity index (χ0v) is 41.5. The number of carbonyl (C=O) groups is 3. The lowest BCUT2D eigenvalue weighted by Crippen LogP contribution is -2.28. The van der Waals surface area contributed by atoms with Crippen molar-refractivity contribution in [2.24, 2.45) is 17.8 Å². The van der Waals surface area contributed by atoms with Crippen LogP contribution in [-0.2, 0) is 28.6 Å². The molecule has 7 heteroatoms. The van der Waals surface area contributed by atoms with E-state index in [1.807, 2.05) is 14.1 Å². The average Bonchev–Trinajstić information content (AvgIpc) is 3.61. The maximum atomic E-state index is 13.8. The first-order valence-electron chi connectivity index (χ1n) is 26.4. The van der Waals surface area contributed by atoms with Crippen LogP contribution in [0.1, 0.15) is 240 Å². The minimum absolute atomic E-state index is 0.0392. The average molecular weight is 870 g/mol. The van der Waals surface area contributed by atoms with Crippen LogP contribution in [0.25, 0.3) is 0 Å². The molecule has 0 aromatic heterocycles.